The zero-order valence-corrected chi connectivity index (χ0v) is 16.7. The lowest BCUT2D eigenvalue weighted by molar-refractivity contribution is 0.483. The SMILES string of the molecule is CC(C)Cn1c(=O)n(C)c(=O)c2c(S(=O)(=O)O)c(Cc3cccnc3)sc21. The first kappa shape index (κ1) is 19.5. The largest absolute Gasteiger partial charge is 0.331 e. The van der Waals surface area contributed by atoms with Gasteiger partial charge in [0.2, 0.25) is 0 Å². The van der Waals surface area contributed by atoms with Crippen LogP contribution in [0.25, 0.3) is 10.2 Å². The van der Waals surface area contributed by atoms with E-state index in [9.17, 15) is 22.6 Å². The molecule has 0 atom stereocenters. The third kappa shape index (κ3) is 3.60. The number of nitrogens with zero attached hydrogens (tertiary/aromatic N) is 3. The van der Waals surface area contributed by atoms with Crippen LogP contribution in [0.5, 0.6) is 0 Å². The van der Waals surface area contributed by atoms with Gasteiger partial charge in [0, 0.05) is 37.3 Å². The van der Waals surface area contributed by atoms with Gasteiger partial charge in [-0.2, -0.15) is 8.42 Å². The van der Waals surface area contributed by atoms with Crippen LogP contribution in [-0.4, -0.2) is 27.1 Å². The van der Waals surface area contributed by atoms with Gasteiger partial charge in [-0.1, -0.05) is 19.9 Å². The predicted molar refractivity (Wildman–Crippen MR) is 103 cm³/mol. The fourth-order valence-electron chi connectivity index (χ4n) is 2.96. The van der Waals surface area contributed by atoms with Crippen LogP contribution in [0.1, 0.15) is 24.3 Å². The van der Waals surface area contributed by atoms with E-state index >= 15 is 0 Å². The van der Waals surface area contributed by atoms with Gasteiger partial charge < -0.3 is 0 Å². The van der Waals surface area contributed by atoms with Gasteiger partial charge in [0.05, 0.1) is 5.39 Å². The lowest BCUT2D eigenvalue weighted by atomic mass is 10.2. The van der Waals surface area contributed by atoms with Crippen molar-refractivity contribution in [1.82, 2.24) is 14.1 Å². The summed E-state index contributed by atoms with van der Waals surface area (Å²) in [6.45, 7) is 4.15. The summed E-state index contributed by atoms with van der Waals surface area (Å²) >= 11 is 1.03. The van der Waals surface area contributed by atoms with E-state index < -0.39 is 26.3 Å². The van der Waals surface area contributed by atoms with E-state index in [-0.39, 0.29) is 22.6 Å². The molecule has 0 saturated carbocycles. The van der Waals surface area contributed by atoms with Gasteiger partial charge in [-0.25, -0.2) is 4.79 Å². The molecule has 3 aromatic rings. The first-order chi connectivity index (χ1) is 12.6. The van der Waals surface area contributed by atoms with Crippen LogP contribution in [0.3, 0.4) is 0 Å². The van der Waals surface area contributed by atoms with Crippen LogP contribution in [0.15, 0.2) is 39.0 Å². The second-order valence-corrected chi connectivity index (χ2v) is 9.14. The highest BCUT2D eigenvalue weighted by Crippen LogP contribution is 2.34. The Morgan fingerprint density at radius 1 is 1.30 bits per heavy atom. The van der Waals surface area contributed by atoms with Crippen molar-refractivity contribution in [3.63, 3.8) is 0 Å². The van der Waals surface area contributed by atoms with Crippen molar-refractivity contribution in [2.45, 2.75) is 31.7 Å². The Morgan fingerprint density at radius 2 is 2.00 bits per heavy atom. The van der Waals surface area contributed by atoms with E-state index in [1.54, 1.807) is 24.5 Å². The second kappa shape index (κ2) is 7.02. The summed E-state index contributed by atoms with van der Waals surface area (Å²) in [4.78, 5) is 29.4. The zero-order chi connectivity index (χ0) is 19.9. The van der Waals surface area contributed by atoms with E-state index in [2.05, 4.69) is 4.98 Å². The third-order valence-electron chi connectivity index (χ3n) is 4.09. The minimum Gasteiger partial charge on any atom is -0.284 e. The van der Waals surface area contributed by atoms with Gasteiger partial charge >= 0.3 is 5.69 Å². The number of hydrogen-bond acceptors (Lipinski definition) is 6. The van der Waals surface area contributed by atoms with Crippen molar-refractivity contribution in [1.29, 1.82) is 0 Å². The van der Waals surface area contributed by atoms with Crippen LogP contribution in [0, 0.1) is 5.92 Å². The van der Waals surface area contributed by atoms with Crippen molar-refractivity contribution in [3.8, 4) is 0 Å². The Kier molecular flexibility index (Phi) is 5.06. The molecule has 0 spiro atoms. The lowest BCUT2D eigenvalue weighted by Gasteiger charge is -2.11. The quantitative estimate of drug-likeness (QED) is 0.642. The Balaban J connectivity index is 2.42. The molecule has 1 N–H and O–H groups in total. The van der Waals surface area contributed by atoms with Crippen molar-refractivity contribution in [3.05, 3.63) is 55.8 Å². The molecule has 3 rings (SSSR count). The molecular formula is C17H19N3O5S2. The Labute approximate surface area is 159 Å². The summed E-state index contributed by atoms with van der Waals surface area (Å²) in [7, 11) is -3.37. The Bertz CT molecular complexity index is 1220. The number of fused-ring (bicyclic) bond motifs is 1. The molecule has 0 unspecified atom stereocenters. The highest BCUT2D eigenvalue weighted by atomic mass is 32.2. The van der Waals surface area contributed by atoms with Crippen LogP contribution >= 0.6 is 11.3 Å². The summed E-state index contributed by atoms with van der Waals surface area (Å²) in [5.41, 5.74) is -0.530. The lowest BCUT2D eigenvalue weighted by Crippen LogP contribution is -2.38. The molecule has 10 heteroatoms. The van der Waals surface area contributed by atoms with Gasteiger partial charge in [-0.3, -0.25) is 23.5 Å². The molecule has 8 nitrogen and oxygen atoms in total. The van der Waals surface area contributed by atoms with Crippen molar-refractivity contribution < 1.29 is 13.0 Å². The Hall–Kier alpha value is -2.30. The monoisotopic (exact) mass is 409 g/mol. The molecule has 0 saturated heterocycles. The van der Waals surface area contributed by atoms with Gasteiger partial charge in [0.1, 0.15) is 9.73 Å². The molecule has 3 heterocycles. The van der Waals surface area contributed by atoms with E-state index in [4.69, 9.17) is 0 Å². The molecule has 3 aromatic heterocycles. The molecule has 0 fully saturated rings. The molecular weight excluding hydrogens is 390 g/mol. The summed E-state index contributed by atoms with van der Waals surface area (Å²) in [5, 5.41) is -0.149. The summed E-state index contributed by atoms with van der Waals surface area (Å²) in [6.07, 6.45) is 3.34. The highest BCUT2D eigenvalue weighted by Gasteiger charge is 2.28. The Morgan fingerprint density at radius 3 is 2.56 bits per heavy atom. The smallest absolute Gasteiger partial charge is 0.284 e. The average Bonchev–Trinajstić information content (AvgIpc) is 2.97. The third-order valence-corrected chi connectivity index (χ3v) is 6.40. The average molecular weight is 409 g/mol. The zero-order valence-electron chi connectivity index (χ0n) is 15.0. The van der Waals surface area contributed by atoms with E-state index in [0.717, 1.165) is 21.5 Å². The fraction of sp³-hybridized carbons (Fsp3) is 0.353. The van der Waals surface area contributed by atoms with Crippen molar-refractivity contribution in [2.75, 3.05) is 0 Å². The van der Waals surface area contributed by atoms with Crippen LogP contribution in [0.2, 0.25) is 0 Å². The second-order valence-electron chi connectivity index (χ2n) is 6.70. The molecule has 0 aliphatic heterocycles. The standard InChI is InChI=1S/C17H19N3O5S2/c1-10(2)9-20-16-13(15(21)19(3)17(20)22)14(27(23,24)25)12(26-16)7-11-5-4-6-18-8-11/h4-6,8,10H,7,9H2,1-3H3,(H,23,24,25). The maximum Gasteiger partial charge on any atom is 0.331 e. The van der Waals surface area contributed by atoms with Crippen LogP contribution in [-0.2, 0) is 30.1 Å². The summed E-state index contributed by atoms with van der Waals surface area (Å²) in [6, 6.07) is 3.48. The van der Waals surface area contributed by atoms with Crippen molar-refractivity contribution >= 4 is 31.7 Å². The first-order valence-corrected chi connectivity index (χ1v) is 10.5. The predicted octanol–water partition coefficient (Wildman–Crippen LogP) is 1.65. The molecule has 27 heavy (non-hydrogen) atoms. The van der Waals surface area contributed by atoms with Crippen LogP contribution < -0.4 is 11.2 Å². The molecule has 0 aliphatic rings. The van der Waals surface area contributed by atoms with E-state index in [1.165, 1.54) is 11.6 Å². The number of hydrogen-bond donors (Lipinski definition) is 1. The molecule has 0 radical (unpaired) electrons. The first-order valence-electron chi connectivity index (χ1n) is 8.22. The van der Waals surface area contributed by atoms with Gasteiger partial charge in [-0.15, -0.1) is 11.3 Å². The van der Waals surface area contributed by atoms with Crippen molar-refractivity contribution in [2.24, 2.45) is 13.0 Å². The topological polar surface area (TPSA) is 111 Å². The van der Waals surface area contributed by atoms with E-state index in [1.807, 2.05) is 13.8 Å². The summed E-state index contributed by atoms with van der Waals surface area (Å²) < 4.78 is 36.3. The highest BCUT2D eigenvalue weighted by molar-refractivity contribution is 7.86. The molecule has 0 aliphatic carbocycles. The number of pyridine rings is 1. The van der Waals surface area contributed by atoms with Gasteiger partial charge in [0.25, 0.3) is 15.7 Å². The molecule has 144 valence electrons. The molecule has 0 bridgehead atoms. The normalized spacial score (nSPS) is 12.2. The molecule has 0 aromatic carbocycles. The number of aromatic nitrogens is 3. The fourth-order valence-corrected chi connectivity index (χ4v) is 5.48. The van der Waals surface area contributed by atoms with Gasteiger partial charge in [-0.05, 0) is 17.5 Å². The maximum absolute atomic E-state index is 12.7. The molecule has 0 amide bonds. The number of rotatable bonds is 5. The van der Waals surface area contributed by atoms with Gasteiger partial charge in [0.15, 0.2) is 0 Å². The minimum atomic E-state index is -4.67. The van der Waals surface area contributed by atoms with Crippen LogP contribution in [0.4, 0.5) is 0 Å². The minimum absolute atomic E-state index is 0.0986. The maximum atomic E-state index is 12.7. The number of thiophene rings is 1. The summed E-state index contributed by atoms with van der Waals surface area (Å²) in [5.74, 6) is 0.0986. The van der Waals surface area contributed by atoms with E-state index in [0.29, 0.717) is 11.4 Å².